The molecule has 2 aromatic rings. The number of carbonyl (C=O) groups is 2. The third-order valence-electron chi connectivity index (χ3n) is 4.43. The number of thioether (sulfide) groups is 2. The minimum atomic E-state index is -0.260. The summed E-state index contributed by atoms with van der Waals surface area (Å²) in [5.74, 6) is 1.18. The summed E-state index contributed by atoms with van der Waals surface area (Å²) in [6.07, 6.45) is 2.95. The highest BCUT2D eigenvalue weighted by molar-refractivity contribution is 8.14. The monoisotopic (exact) mass is 451 g/mol. The number of halogens is 1. The first-order valence-corrected chi connectivity index (χ1v) is 12.2. The number of nitrogens with zero attached hydrogens (tertiary/aromatic N) is 1. The lowest BCUT2D eigenvalue weighted by Gasteiger charge is -2.31. The van der Waals surface area contributed by atoms with Crippen molar-refractivity contribution in [3.8, 4) is 0 Å². The van der Waals surface area contributed by atoms with E-state index in [4.69, 9.17) is 11.6 Å². The first kappa shape index (κ1) is 23.8. The highest BCUT2D eigenvalue weighted by Gasteiger charge is 2.23. The molecular formula is C22H26ClNO3S2. The highest BCUT2D eigenvalue weighted by Crippen LogP contribution is 2.19. The van der Waals surface area contributed by atoms with Crippen LogP contribution in [-0.4, -0.2) is 51.4 Å². The molecule has 1 atom stereocenters. The second kappa shape index (κ2) is 13.0. The Balaban J connectivity index is 2.01. The summed E-state index contributed by atoms with van der Waals surface area (Å²) in [6.45, 7) is 0.291. The normalized spacial score (nSPS) is 11.8. The fraction of sp³-hybridized carbons (Fsp3) is 0.364. The van der Waals surface area contributed by atoms with Crippen molar-refractivity contribution < 1.29 is 14.7 Å². The summed E-state index contributed by atoms with van der Waals surface area (Å²) >= 11 is 8.92. The molecule has 1 amide bonds. The van der Waals surface area contributed by atoms with Crippen LogP contribution >= 0.6 is 35.1 Å². The van der Waals surface area contributed by atoms with E-state index in [9.17, 15) is 14.7 Å². The number of carbonyl (C=O) groups excluding carboxylic acids is 2. The predicted octanol–water partition coefficient (Wildman–Crippen LogP) is 4.75. The molecular weight excluding hydrogens is 426 g/mol. The Kier molecular flexibility index (Phi) is 10.6. The van der Waals surface area contributed by atoms with Crippen molar-refractivity contribution in [1.82, 2.24) is 4.90 Å². The fourth-order valence-corrected chi connectivity index (χ4v) is 4.37. The second-order valence-electron chi connectivity index (χ2n) is 6.52. The summed E-state index contributed by atoms with van der Waals surface area (Å²) in [6, 6.07) is 16.2. The quantitative estimate of drug-likeness (QED) is 0.534. The Morgan fingerprint density at radius 2 is 1.86 bits per heavy atom. The van der Waals surface area contributed by atoms with Gasteiger partial charge in [-0.2, -0.15) is 11.8 Å². The highest BCUT2D eigenvalue weighted by atomic mass is 35.5. The van der Waals surface area contributed by atoms with Crippen molar-refractivity contribution in [2.75, 3.05) is 24.4 Å². The van der Waals surface area contributed by atoms with Gasteiger partial charge in [0.15, 0.2) is 0 Å². The molecule has 0 aromatic heterocycles. The van der Waals surface area contributed by atoms with E-state index in [0.717, 1.165) is 23.1 Å². The molecule has 4 nitrogen and oxygen atoms in total. The zero-order valence-electron chi connectivity index (χ0n) is 16.4. The molecule has 29 heavy (non-hydrogen) atoms. The Labute approximate surface area is 186 Å². The van der Waals surface area contributed by atoms with Gasteiger partial charge in [0.1, 0.15) is 0 Å². The number of aliphatic hydroxyl groups is 1. The van der Waals surface area contributed by atoms with E-state index in [0.29, 0.717) is 29.3 Å². The molecule has 0 unspecified atom stereocenters. The van der Waals surface area contributed by atoms with Crippen LogP contribution < -0.4 is 0 Å². The van der Waals surface area contributed by atoms with Crippen LogP contribution in [0, 0.1) is 0 Å². The van der Waals surface area contributed by atoms with Crippen LogP contribution in [0.15, 0.2) is 54.6 Å². The van der Waals surface area contributed by atoms with Gasteiger partial charge in [-0.05, 0) is 36.1 Å². The molecule has 0 saturated carbocycles. The summed E-state index contributed by atoms with van der Waals surface area (Å²) in [5, 5.41) is 10.5. The van der Waals surface area contributed by atoms with Gasteiger partial charge in [-0.3, -0.25) is 9.59 Å². The molecule has 1 N–H and O–H groups in total. The summed E-state index contributed by atoms with van der Waals surface area (Å²) in [5.41, 5.74) is 1.55. The molecule has 0 saturated heterocycles. The van der Waals surface area contributed by atoms with Crippen LogP contribution in [0.25, 0.3) is 0 Å². The number of benzene rings is 2. The van der Waals surface area contributed by atoms with E-state index in [-0.39, 0.29) is 30.1 Å². The van der Waals surface area contributed by atoms with Crippen molar-refractivity contribution in [3.63, 3.8) is 0 Å². The van der Waals surface area contributed by atoms with Crippen LogP contribution in [0.2, 0.25) is 5.02 Å². The van der Waals surface area contributed by atoms with Gasteiger partial charge in [0.2, 0.25) is 11.0 Å². The maximum atomic E-state index is 13.0. The van der Waals surface area contributed by atoms with Crippen LogP contribution in [0.5, 0.6) is 0 Å². The van der Waals surface area contributed by atoms with E-state index in [1.165, 1.54) is 0 Å². The third kappa shape index (κ3) is 8.05. The average Bonchev–Trinajstić information content (AvgIpc) is 2.73. The van der Waals surface area contributed by atoms with Gasteiger partial charge in [-0.25, -0.2) is 0 Å². The molecule has 7 heteroatoms. The van der Waals surface area contributed by atoms with E-state index in [1.54, 1.807) is 34.9 Å². The van der Waals surface area contributed by atoms with Gasteiger partial charge >= 0.3 is 0 Å². The number of rotatable bonds is 11. The molecule has 0 fully saturated rings. The minimum Gasteiger partial charge on any atom is -0.394 e. The molecule has 0 spiro atoms. The number of hydrogen-bond acceptors (Lipinski definition) is 5. The van der Waals surface area contributed by atoms with Gasteiger partial charge in [0.25, 0.3) is 0 Å². The first-order valence-electron chi connectivity index (χ1n) is 9.41. The van der Waals surface area contributed by atoms with Crippen molar-refractivity contribution in [3.05, 3.63) is 70.7 Å². The molecule has 0 aliphatic carbocycles. The zero-order chi connectivity index (χ0) is 21.1. The molecule has 2 aromatic carbocycles. The summed E-state index contributed by atoms with van der Waals surface area (Å²) in [4.78, 5) is 26.9. The molecule has 156 valence electrons. The van der Waals surface area contributed by atoms with E-state index < -0.39 is 0 Å². The smallest absolute Gasteiger partial charge is 0.224 e. The Hall–Kier alpha value is -1.47. The van der Waals surface area contributed by atoms with E-state index in [1.807, 2.05) is 42.7 Å². The predicted molar refractivity (Wildman–Crippen MR) is 124 cm³/mol. The van der Waals surface area contributed by atoms with Crippen LogP contribution in [0.4, 0.5) is 0 Å². The van der Waals surface area contributed by atoms with Gasteiger partial charge < -0.3 is 10.0 Å². The van der Waals surface area contributed by atoms with Crippen LogP contribution in [0.1, 0.15) is 28.8 Å². The SMILES string of the molecule is CSCC[C@@H](CO)N(Cc1cccc(Cl)c1)C(=O)CCSC(=O)c1ccccc1. The first-order chi connectivity index (χ1) is 14.0. The average molecular weight is 452 g/mol. The number of amides is 1. The molecule has 0 aliphatic heterocycles. The third-order valence-corrected chi connectivity index (χ3v) is 6.21. The number of hydrogen-bond donors (Lipinski definition) is 1. The van der Waals surface area contributed by atoms with Crippen molar-refractivity contribution in [1.29, 1.82) is 0 Å². The van der Waals surface area contributed by atoms with Crippen LogP contribution in [0.3, 0.4) is 0 Å². The van der Waals surface area contributed by atoms with Crippen LogP contribution in [-0.2, 0) is 11.3 Å². The van der Waals surface area contributed by atoms with Gasteiger partial charge in [-0.15, -0.1) is 0 Å². The Morgan fingerprint density at radius 1 is 1.10 bits per heavy atom. The maximum Gasteiger partial charge on any atom is 0.224 e. The molecule has 0 heterocycles. The van der Waals surface area contributed by atoms with Gasteiger partial charge in [0, 0.05) is 29.3 Å². The molecule has 0 bridgehead atoms. The van der Waals surface area contributed by atoms with Crippen molar-refractivity contribution in [2.45, 2.75) is 25.4 Å². The lowest BCUT2D eigenvalue weighted by Crippen LogP contribution is -2.42. The van der Waals surface area contributed by atoms with Crippen molar-refractivity contribution >= 4 is 46.1 Å². The summed E-state index contributed by atoms with van der Waals surface area (Å²) < 4.78 is 0. The van der Waals surface area contributed by atoms with E-state index >= 15 is 0 Å². The van der Waals surface area contributed by atoms with E-state index in [2.05, 4.69) is 0 Å². The fourth-order valence-electron chi connectivity index (χ4n) is 2.88. The standard InChI is InChI=1S/C22H26ClNO3S2/c1-28-12-10-20(16-25)24(15-17-6-5-9-19(23)14-17)21(26)11-13-29-22(27)18-7-3-2-4-8-18/h2-9,14,20,25H,10-13,15-16H2,1H3/t20-/m0/s1. The van der Waals surface area contributed by atoms with Gasteiger partial charge in [-0.1, -0.05) is 65.8 Å². The molecule has 0 radical (unpaired) electrons. The maximum absolute atomic E-state index is 13.0. The largest absolute Gasteiger partial charge is 0.394 e. The minimum absolute atomic E-state index is 0.0408. The Bertz CT molecular complexity index is 789. The topological polar surface area (TPSA) is 57.6 Å². The van der Waals surface area contributed by atoms with Gasteiger partial charge in [0.05, 0.1) is 12.6 Å². The summed E-state index contributed by atoms with van der Waals surface area (Å²) in [7, 11) is 0. The second-order valence-corrected chi connectivity index (χ2v) is 9.01. The number of aliphatic hydroxyl groups excluding tert-OH is 1. The lowest BCUT2D eigenvalue weighted by molar-refractivity contribution is -0.134. The molecule has 0 aliphatic rings. The lowest BCUT2D eigenvalue weighted by atomic mass is 10.1. The molecule has 2 rings (SSSR count). The van der Waals surface area contributed by atoms with Crippen molar-refractivity contribution in [2.24, 2.45) is 0 Å². The Morgan fingerprint density at radius 3 is 2.52 bits per heavy atom. The zero-order valence-corrected chi connectivity index (χ0v) is 18.8.